The fourth-order valence-corrected chi connectivity index (χ4v) is 3.18. The smallest absolute Gasteiger partial charge is 0.0487 e. The summed E-state index contributed by atoms with van der Waals surface area (Å²) in [5, 5.41) is 1.31. The molecular weight excluding hydrogens is 324 g/mol. The predicted octanol–water partition coefficient (Wildman–Crippen LogP) is 4.34. The maximum Gasteiger partial charge on any atom is 0.0487 e. The minimum absolute atomic E-state index is 0.174. The average Bonchev–Trinajstić information content (AvgIpc) is 2.79. The van der Waals surface area contributed by atoms with Crippen LogP contribution in [0.25, 0.3) is 10.9 Å². The molecule has 2 nitrogen and oxygen atoms in total. The molecule has 0 spiro atoms. The second-order valence-corrected chi connectivity index (χ2v) is 6.43. The van der Waals surface area contributed by atoms with Crippen molar-refractivity contribution < 1.29 is 0 Å². The lowest BCUT2D eigenvalue weighted by Crippen LogP contribution is -2.17. The van der Waals surface area contributed by atoms with Crippen molar-refractivity contribution in [1.82, 2.24) is 4.57 Å². The molecule has 2 N–H and O–H groups in total. The lowest BCUT2D eigenvalue weighted by Gasteiger charge is -2.07. The summed E-state index contributed by atoms with van der Waals surface area (Å²) in [5.74, 6) is 0. The molecule has 3 aromatic rings. The van der Waals surface area contributed by atoms with Crippen molar-refractivity contribution >= 4 is 26.8 Å². The Balaban J connectivity index is 2.04. The summed E-state index contributed by atoms with van der Waals surface area (Å²) in [4.78, 5) is 0. The van der Waals surface area contributed by atoms with Gasteiger partial charge < -0.3 is 10.3 Å². The molecule has 0 aliphatic heterocycles. The molecule has 0 aliphatic carbocycles. The third-order valence-electron chi connectivity index (χ3n) is 3.71. The Morgan fingerprint density at radius 3 is 2.52 bits per heavy atom. The number of fused-ring (bicyclic) bond motifs is 1. The third kappa shape index (κ3) is 3.04. The van der Waals surface area contributed by atoms with Crippen LogP contribution in [0, 0.1) is 0 Å². The molecule has 0 amide bonds. The molecule has 0 aliphatic rings. The van der Waals surface area contributed by atoms with Crippen LogP contribution in [0.15, 0.2) is 59.2 Å². The number of benzene rings is 2. The molecule has 1 unspecified atom stereocenters. The molecule has 3 heteroatoms. The number of hydrogen-bond donors (Lipinski definition) is 1. The third-order valence-corrected chi connectivity index (χ3v) is 4.49. The number of nitrogens with two attached hydrogens (primary N) is 1. The van der Waals surface area contributed by atoms with Gasteiger partial charge in [-0.05, 0) is 36.6 Å². The van der Waals surface area contributed by atoms with Crippen molar-refractivity contribution in [2.75, 3.05) is 0 Å². The van der Waals surface area contributed by atoms with Gasteiger partial charge in [0.15, 0.2) is 0 Å². The second kappa shape index (κ2) is 6.04. The van der Waals surface area contributed by atoms with Gasteiger partial charge in [-0.25, -0.2) is 0 Å². The molecule has 21 heavy (non-hydrogen) atoms. The van der Waals surface area contributed by atoms with Crippen molar-refractivity contribution in [1.29, 1.82) is 0 Å². The van der Waals surface area contributed by atoms with Crippen molar-refractivity contribution in [3.05, 3.63) is 70.3 Å². The van der Waals surface area contributed by atoms with E-state index in [4.69, 9.17) is 5.73 Å². The monoisotopic (exact) mass is 342 g/mol. The summed E-state index contributed by atoms with van der Waals surface area (Å²) in [6, 6.07) is 17.1. The van der Waals surface area contributed by atoms with E-state index in [9.17, 15) is 0 Å². The highest BCUT2D eigenvalue weighted by atomic mass is 79.9. The van der Waals surface area contributed by atoms with Crippen LogP contribution in [-0.4, -0.2) is 10.6 Å². The maximum atomic E-state index is 5.98. The van der Waals surface area contributed by atoms with Crippen LogP contribution in [0.4, 0.5) is 0 Å². The van der Waals surface area contributed by atoms with Crippen LogP contribution >= 0.6 is 15.9 Å². The minimum atomic E-state index is 0.174. The summed E-state index contributed by atoms with van der Waals surface area (Å²) in [6.45, 7) is 2.92. The topological polar surface area (TPSA) is 30.9 Å². The van der Waals surface area contributed by atoms with Gasteiger partial charge in [-0.1, -0.05) is 52.3 Å². The Hall–Kier alpha value is -1.58. The van der Waals surface area contributed by atoms with Gasteiger partial charge in [-0.2, -0.15) is 0 Å². The van der Waals surface area contributed by atoms with Crippen LogP contribution < -0.4 is 5.73 Å². The van der Waals surface area contributed by atoms with Gasteiger partial charge in [0.25, 0.3) is 0 Å². The van der Waals surface area contributed by atoms with E-state index in [1.54, 1.807) is 0 Å². The summed E-state index contributed by atoms with van der Waals surface area (Å²) < 4.78 is 3.46. The minimum Gasteiger partial charge on any atom is -0.343 e. The normalized spacial score (nSPS) is 12.7. The Morgan fingerprint density at radius 1 is 1.05 bits per heavy atom. The van der Waals surface area contributed by atoms with E-state index >= 15 is 0 Å². The highest BCUT2D eigenvalue weighted by Crippen LogP contribution is 2.25. The molecule has 108 valence electrons. The molecule has 1 aromatic heterocycles. The van der Waals surface area contributed by atoms with Crippen molar-refractivity contribution in [2.45, 2.75) is 25.9 Å². The van der Waals surface area contributed by atoms with Gasteiger partial charge in [0.05, 0.1) is 0 Å². The van der Waals surface area contributed by atoms with Crippen molar-refractivity contribution in [3.8, 4) is 0 Å². The fraction of sp³-hybridized carbons (Fsp3) is 0.222. The van der Waals surface area contributed by atoms with Gasteiger partial charge in [-0.15, -0.1) is 0 Å². The van der Waals surface area contributed by atoms with Gasteiger partial charge >= 0.3 is 0 Å². The molecule has 0 radical (unpaired) electrons. The van der Waals surface area contributed by atoms with Crippen molar-refractivity contribution in [2.24, 2.45) is 5.73 Å². The maximum absolute atomic E-state index is 5.98. The molecule has 2 aromatic carbocycles. The Bertz CT molecular complexity index is 759. The van der Waals surface area contributed by atoms with Crippen LogP contribution in [0.1, 0.15) is 18.1 Å². The average molecular weight is 343 g/mol. The van der Waals surface area contributed by atoms with E-state index in [-0.39, 0.29) is 6.04 Å². The SMILES string of the molecule is CC(N)Cc1cn(Cc2ccccc2Br)c2ccccc12. The number of rotatable bonds is 4. The highest BCUT2D eigenvalue weighted by molar-refractivity contribution is 9.10. The molecule has 0 bridgehead atoms. The van der Waals surface area contributed by atoms with Crippen LogP contribution in [0.3, 0.4) is 0 Å². The molecule has 0 saturated carbocycles. The van der Waals surface area contributed by atoms with Gasteiger partial charge in [-0.3, -0.25) is 0 Å². The first-order chi connectivity index (χ1) is 10.1. The quantitative estimate of drug-likeness (QED) is 0.751. The Labute approximate surface area is 133 Å². The first-order valence-electron chi connectivity index (χ1n) is 7.21. The number of nitrogens with zero attached hydrogens (tertiary/aromatic N) is 1. The number of para-hydroxylation sites is 1. The van der Waals surface area contributed by atoms with E-state index in [1.807, 2.05) is 6.07 Å². The van der Waals surface area contributed by atoms with E-state index in [1.165, 1.54) is 22.0 Å². The summed E-state index contributed by atoms with van der Waals surface area (Å²) >= 11 is 3.63. The van der Waals surface area contributed by atoms with E-state index < -0.39 is 0 Å². The van der Waals surface area contributed by atoms with Gasteiger partial charge in [0.2, 0.25) is 0 Å². The number of halogens is 1. The first-order valence-corrected chi connectivity index (χ1v) is 8.00. The van der Waals surface area contributed by atoms with Crippen LogP contribution in [0.2, 0.25) is 0 Å². The molecule has 0 saturated heterocycles. The van der Waals surface area contributed by atoms with Crippen molar-refractivity contribution in [3.63, 3.8) is 0 Å². The number of hydrogen-bond acceptors (Lipinski definition) is 1. The highest BCUT2D eigenvalue weighted by Gasteiger charge is 2.10. The van der Waals surface area contributed by atoms with Gasteiger partial charge in [0, 0.05) is 34.2 Å². The fourth-order valence-electron chi connectivity index (χ4n) is 2.77. The van der Waals surface area contributed by atoms with E-state index in [0.717, 1.165) is 17.4 Å². The first kappa shape index (κ1) is 14.4. The lowest BCUT2D eigenvalue weighted by atomic mass is 10.1. The summed E-state index contributed by atoms with van der Waals surface area (Å²) in [7, 11) is 0. The largest absolute Gasteiger partial charge is 0.343 e. The van der Waals surface area contributed by atoms with Crippen LogP contribution in [-0.2, 0) is 13.0 Å². The second-order valence-electron chi connectivity index (χ2n) is 5.57. The Kier molecular flexibility index (Phi) is 4.13. The zero-order valence-corrected chi connectivity index (χ0v) is 13.7. The predicted molar refractivity (Wildman–Crippen MR) is 92.5 cm³/mol. The standard InChI is InChI=1S/C18H19BrN2/c1-13(20)10-15-12-21(18-9-5-3-7-16(15)18)11-14-6-2-4-8-17(14)19/h2-9,12-13H,10-11,20H2,1H3. The van der Waals surface area contributed by atoms with Gasteiger partial charge in [0.1, 0.15) is 0 Å². The zero-order chi connectivity index (χ0) is 14.8. The molecule has 1 heterocycles. The van der Waals surface area contributed by atoms with E-state index in [0.29, 0.717) is 0 Å². The Morgan fingerprint density at radius 2 is 1.76 bits per heavy atom. The molecule has 0 fully saturated rings. The lowest BCUT2D eigenvalue weighted by molar-refractivity contribution is 0.734. The summed E-state index contributed by atoms with van der Waals surface area (Å²) in [6.07, 6.45) is 3.15. The zero-order valence-electron chi connectivity index (χ0n) is 12.1. The number of aromatic nitrogens is 1. The molecule has 1 atom stereocenters. The molecule has 3 rings (SSSR count). The van der Waals surface area contributed by atoms with Crippen LogP contribution in [0.5, 0.6) is 0 Å². The summed E-state index contributed by atoms with van der Waals surface area (Å²) in [5.41, 5.74) is 9.86. The molecular formula is C18H19BrN2. The van der Waals surface area contributed by atoms with E-state index in [2.05, 4.69) is 76.1 Å².